The quantitative estimate of drug-likeness (QED) is 0.768. The third-order valence-corrected chi connectivity index (χ3v) is 5.13. The summed E-state index contributed by atoms with van der Waals surface area (Å²) in [7, 11) is 2.10. The van der Waals surface area contributed by atoms with E-state index in [2.05, 4.69) is 26.8 Å². The Kier molecular flexibility index (Phi) is 5.21. The zero-order chi connectivity index (χ0) is 18.1. The van der Waals surface area contributed by atoms with Gasteiger partial charge in [0.1, 0.15) is 5.69 Å². The first-order chi connectivity index (χ1) is 11.8. The van der Waals surface area contributed by atoms with E-state index in [1.54, 1.807) is 11.0 Å². The lowest BCUT2D eigenvalue weighted by atomic mass is 10.1. The molecule has 3 N–H and O–H groups in total. The molecule has 2 saturated heterocycles. The van der Waals surface area contributed by atoms with Gasteiger partial charge in [-0.2, -0.15) is 0 Å². The van der Waals surface area contributed by atoms with Crippen molar-refractivity contribution in [2.45, 2.75) is 31.9 Å². The lowest BCUT2D eigenvalue weighted by molar-refractivity contribution is 0.0512. The third kappa shape index (κ3) is 3.91. The Hall–Kier alpha value is -1.77. The topological polar surface area (TPSA) is 98.8 Å². The van der Waals surface area contributed by atoms with E-state index >= 15 is 0 Å². The van der Waals surface area contributed by atoms with Gasteiger partial charge in [0, 0.05) is 45.0 Å². The SMILES string of the molecule is CC(C)c1cc(C(=O)N2C[C@H](O)[C@@H](N3CCN(C)CC3)C2)nc(N)n1. The van der Waals surface area contributed by atoms with E-state index in [0.29, 0.717) is 18.8 Å². The summed E-state index contributed by atoms with van der Waals surface area (Å²) >= 11 is 0. The minimum atomic E-state index is -0.531. The number of carbonyl (C=O) groups excluding carboxylic acids is 1. The molecule has 8 nitrogen and oxygen atoms in total. The van der Waals surface area contributed by atoms with Gasteiger partial charge in [-0.15, -0.1) is 0 Å². The summed E-state index contributed by atoms with van der Waals surface area (Å²) in [4.78, 5) is 27.4. The molecule has 2 fully saturated rings. The fraction of sp³-hybridized carbons (Fsp3) is 0.706. The fourth-order valence-electron chi connectivity index (χ4n) is 3.50. The number of nitrogens with zero attached hydrogens (tertiary/aromatic N) is 5. The summed E-state index contributed by atoms with van der Waals surface area (Å²) in [5.41, 5.74) is 6.83. The van der Waals surface area contributed by atoms with Crippen LogP contribution in [-0.4, -0.2) is 94.1 Å². The molecule has 2 aliphatic heterocycles. The second-order valence-electron chi connectivity index (χ2n) is 7.38. The molecule has 0 spiro atoms. The number of likely N-dealkylation sites (tertiary alicyclic amines) is 1. The van der Waals surface area contributed by atoms with Crippen LogP contribution < -0.4 is 5.73 Å². The second kappa shape index (κ2) is 7.23. The molecule has 0 aromatic carbocycles. The van der Waals surface area contributed by atoms with Crippen molar-refractivity contribution in [2.75, 3.05) is 52.0 Å². The van der Waals surface area contributed by atoms with Crippen LogP contribution >= 0.6 is 0 Å². The summed E-state index contributed by atoms with van der Waals surface area (Å²) in [5.74, 6) is 0.0932. The molecule has 1 amide bonds. The van der Waals surface area contributed by atoms with Gasteiger partial charge >= 0.3 is 0 Å². The lowest BCUT2D eigenvalue weighted by Crippen LogP contribution is -2.52. The van der Waals surface area contributed by atoms with Crippen molar-refractivity contribution in [1.82, 2.24) is 24.7 Å². The lowest BCUT2D eigenvalue weighted by Gasteiger charge is -2.37. The van der Waals surface area contributed by atoms with E-state index in [1.165, 1.54) is 0 Å². The number of rotatable bonds is 3. The third-order valence-electron chi connectivity index (χ3n) is 5.13. The Morgan fingerprint density at radius 3 is 2.56 bits per heavy atom. The average Bonchev–Trinajstić information content (AvgIpc) is 2.96. The molecular weight excluding hydrogens is 320 g/mol. The van der Waals surface area contributed by atoms with Crippen molar-refractivity contribution >= 4 is 11.9 Å². The van der Waals surface area contributed by atoms with Crippen molar-refractivity contribution in [1.29, 1.82) is 0 Å². The minimum Gasteiger partial charge on any atom is -0.390 e. The van der Waals surface area contributed by atoms with E-state index in [9.17, 15) is 9.90 Å². The smallest absolute Gasteiger partial charge is 0.272 e. The molecule has 2 aliphatic rings. The fourth-order valence-corrected chi connectivity index (χ4v) is 3.50. The van der Waals surface area contributed by atoms with Crippen LogP contribution in [0.3, 0.4) is 0 Å². The van der Waals surface area contributed by atoms with Crippen LogP contribution in [-0.2, 0) is 0 Å². The van der Waals surface area contributed by atoms with Gasteiger partial charge in [-0.3, -0.25) is 9.69 Å². The Labute approximate surface area is 148 Å². The number of aliphatic hydroxyl groups is 1. The van der Waals surface area contributed by atoms with Crippen molar-refractivity contribution in [2.24, 2.45) is 0 Å². The Balaban J connectivity index is 1.71. The van der Waals surface area contributed by atoms with Crippen LogP contribution in [0.15, 0.2) is 6.07 Å². The molecule has 0 bridgehead atoms. The number of nitrogen functional groups attached to an aromatic ring is 1. The van der Waals surface area contributed by atoms with E-state index in [-0.39, 0.29) is 23.8 Å². The number of hydrogen-bond donors (Lipinski definition) is 2. The maximum Gasteiger partial charge on any atom is 0.272 e. The number of piperazine rings is 1. The molecule has 0 unspecified atom stereocenters. The molecular formula is C17H28N6O2. The standard InChI is InChI=1S/C17H28N6O2/c1-11(2)12-8-13(20-17(18)19-12)16(25)23-9-14(15(24)10-23)22-6-4-21(3)5-7-22/h8,11,14-15,24H,4-7,9-10H2,1-3H3,(H2,18,19,20)/t14-,15-/m0/s1. The van der Waals surface area contributed by atoms with Gasteiger partial charge in [0.05, 0.1) is 12.1 Å². The van der Waals surface area contributed by atoms with E-state index < -0.39 is 6.10 Å². The number of anilines is 1. The van der Waals surface area contributed by atoms with Gasteiger partial charge in [-0.1, -0.05) is 13.8 Å². The molecule has 3 heterocycles. The van der Waals surface area contributed by atoms with Crippen LogP contribution in [0.2, 0.25) is 0 Å². The van der Waals surface area contributed by atoms with Gasteiger partial charge in [0.15, 0.2) is 0 Å². The minimum absolute atomic E-state index is 0.0126. The monoisotopic (exact) mass is 348 g/mol. The number of β-amino-alcohol motifs (C(OH)–C–C–N with tert-alkyl or cyclic N) is 1. The highest BCUT2D eigenvalue weighted by Gasteiger charge is 2.39. The number of nitrogens with two attached hydrogens (primary N) is 1. The highest BCUT2D eigenvalue weighted by Crippen LogP contribution is 2.21. The van der Waals surface area contributed by atoms with E-state index in [1.807, 2.05) is 13.8 Å². The van der Waals surface area contributed by atoms with Crippen molar-refractivity contribution in [3.8, 4) is 0 Å². The Morgan fingerprint density at radius 2 is 1.92 bits per heavy atom. The van der Waals surface area contributed by atoms with Gasteiger partial charge in [0.2, 0.25) is 5.95 Å². The largest absolute Gasteiger partial charge is 0.390 e. The highest BCUT2D eigenvalue weighted by molar-refractivity contribution is 5.93. The zero-order valence-corrected chi connectivity index (χ0v) is 15.2. The van der Waals surface area contributed by atoms with Crippen LogP contribution in [0.5, 0.6) is 0 Å². The molecule has 0 radical (unpaired) electrons. The van der Waals surface area contributed by atoms with Crippen LogP contribution in [0.1, 0.15) is 35.9 Å². The number of hydrogen-bond acceptors (Lipinski definition) is 7. The van der Waals surface area contributed by atoms with Gasteiger partial charge < -0.3 is 20.6 Å². The van der Waals surface area contributed by atoms with Gasteiger partial charge in [-0.25, -0.2) is 9.97 Å². The number of aromatic nitrogens is 2. The van der Waals surface area contributed by atoms with Crippen molar-refractivity contribution in [3.63, 3.8) is 0 Å². The van der Waals surface area contributed by atoms with Crippen LogP contribution in [0.25, 0.3) is 0 Å². The molecule has 1 aromatic heterocycles. The van der Waals surface area contributed by atoms with Crippen molar-refractivity contribution < 1.29 is 9.90 Å². The first kappa shape index (κ1) is 18.0. The van der Waals surface area contributed by atoms with Crippen LogP contribution in [0.4, 0.5) is 5.95 Å². The average molecular weight is 348 g/mol. The number of amides is 1. The summed E-state index contributed by atoms with van der Waals surface area (Å²) < 4.78 is 0. The first-order valence-electron chi connectivity index (χ1n) is 8.89. The normalized spacial score (nSPS) is 25.7. The molecule has 25 heavy (non-hydrogen) atoms. The van der Waals surface area contributed by atoms with Gasteiger partial charge in [0.25, 0.3) is 5.91 Å². The van der Waals surface area contributed by atoms with E-state index in [4.69, 9.17) is 5.73 Å². The molecule has 1 aromatic rings. The molecule has 2 atom stereocenters. The van der Waals surface area contributed by atoms with E-state index in [0.717, 1.165) is 31.9 Å². The predicted octanol–water partition coefficient (Wildman–Crippen LogP) is -0.385. The highest BCUT2D eigenvalue weighted by atomic mass is 16.3. The van der Waals surface area contributed by atoms with Crippen molar-refractivity contribution in [3.05, 3.63) is 17.5 Å². The maximum atomic E-state index is 12.8. The van der Waals surface area contributed by atoms with Gasteiger partial charge in [-0.05, 0) is 19.0 Å². The summed E-state index contributed by atoms with van der Waals surface area (Å²) in [5, 5.41) is 10.5. The second-order valence-corrected chi connectivity index (χ2v) is 7.38. The summed E-state index contributed by atoms with van der Waals surface area (Å²) in [6.45, 7) is 8.64. The summed E-state index contributed by atoms with van der Waals surface area (Å²) in [6.07, 6.45) is -0.531. The van der Waals surface area contributed by atoms with Crippen LogP contribution in [0, 0.1) is 0 Å². The molecule has 138 valence electrons. The molecule has 0 saturated carbocycles. The summed E-state index contributed by atoms with van der Waals surface area (Å²) in [6, 6.07) is 1.69. The maximum absolute atomic E-state index is 12.8. The zero-order valence-electron chi connectivity index (χ0n) is 15.2. The Bertz CT molecular complexity index is 630. The molecule has 0 aliphatic carbocycles. The number of aliphatic hydroxyl groups excluding tert-OH is 1. The molecule has 8 heteroatoms. The Morgan fingerprint density at radius 1 is 1.24 bits per heavy atom. The number of carbonyl (C=O) groups is 1. The predicted molar refractivity (Wildman–Crippen MR) is 95.3 cm³/mol. The first-order valence-corrected chi connectivity index (χ1v) is 8.89. The molecule has 3 rings (SSSR count). The number of likely N-dealkylation sites (N-methyl/N-ethyl adjacent to an activating group) is 1.